The van der Waals surface area contributed by atoms with Crippen LogP contribution in [0.3, 0.4) is 0 Å². The van der Waals surface area contributed by atoms with Gasteiger partial charge in [-0.2, -0.15) is 0 Å². The predicted molar refractivity (Wildman–Crippen MR) is 113 cm³/mol. The molecule has 0 aliphatic heterocycles. The predicted octanol–water partition coefficient (Wildman–Crippen LogP) is 3.09. The zero-order chi connectivity index (χ0) is 17.1. The number of ether oxygens (including phenoxy) is 1. The molecule has 0 radical (unpaired) electrons. The molecule has 0 fully saturated rings. The summed E-state index contributed by atoms with van der Waals surface area (Å²) in [5, 5.41) is 3.13. The minimum Gasteiger partial charge on any atom is -0.492 e. The average molecular weight is 448 g/mol. The summed E-state index contributed by atoms with van der Waals surface area (Å²) in [5.41, 5.74) is 6.94. The molecule has 0 saturated carbocycles. The summed E-state index contributed by atoms with van der Waals surface area (Å²) in [4.78, 5) is 6.74. The molecule has 24 heavy (non-hydrogen) atoms. The van der Waals surface area contributed by atoms with Crippen molar-refractivity contribution in [3.8, 4) is 5.75 Å². The Morgan fingerprint density at radius 3 is 2.54 bits per heavy atom. The van der Waals surface area contributed by atoms with Crippen LogP contribution in [0.4, 0.5) is 0 Å². The number of hydrogen-bond acceptors (Lipinski definition) is 3. The summed E-state index contributed by atoms with van der Waals surface area (Å²) in [6.07, 6.45) is 0. The van der Waals surface area contributed by atoms with Gasteiger partial charge in [0, 0.05) is 18.7 Å². The lowest BCUT2D eigenvalue weighted by molar-refractivity contribution is 0.221. The van der Waals surface area contributed by atoms with Crippen molar-refractivity contribution in [2.75, 3.05) is 32.8 Å². The highest BCUT2D eigenvalue weighted by atomic mass is 127. The first-order chi connectivity index (χ1) is 11.1. The van der Waals surface area contributed by atoms with Crippen LogP contribution in [0.15, 0.2) is 29.3 Å². The summed E-state index contributed by atoms with van der Waals surface area (Å²) >= 11 is 0. The molecule has 0 amide bonds. The number of guanidine groups is 1. The van der Waals surface area contributed by atoms with Crippen molar-refractivity contribution in [1.29, 1.82) is 0 Å². The maximum atomic E-state index is 5.93. The largest absolute Gasteiger partial charge is 0.492 e. The number of nitrogens with one attached hydrogen (secondary N) is 1. The monoisotopic (exact) mass is 448 g/mol. The van der Waals surface area contributed by atoms with Gasteiger partial charge in [-0.05, 0) is 25.1 Å². The molecule has 1 aromatic rings. The third kappa shape index (κ3) is 9.32. The van der Waals surface area contributed by atoms with Crippen molar-refractivity contribution in [1.82, 2.24) is 10.2 Å². The van der Waals surface area contributed by atoms with Crippen LogP contribution in [0.1, 0.15) is 33.3 Å². The molecule has 5 nitrogen and oxygen atoms in total. The first kappa shape index (κ1) is 23.0. The number of halogens is 1. The number of nitrogens with two attached hydrogens (primary N) is 1. The second kappa shape index (κ2) is 13.3. The molecule has 6 heteroatoms. The Labute approximate surface area is 164 Å². The standard InChI is InChI=1S/C18H32N4O.HI/c1-5-22(6-2)11-12-23-17-10-8-7-9-16(17)14-21-18(19)20-13-15(3)4;/h7-10,15H,5-6,11-14H2,1-4H3,(H3,19,20,21);1H. The Morgan fingerprint density at radius 1 is 1.25 bits per heavy atom. The van der Waals surface area contributed by atoms with Crippen molar-refractivity contribution in [2.24, 2.45) is 16.6 Å². The smallest absolute Gasteiger partial charge is 0.188 e. The fourth-order valence-electron chi connectivity index (χ4n) is 2.13. The molecule has 0 spiro atoms. The van der Waals surface area contributed by atoms with Crippen LogP contribution in [0.25, 0.3) is 0 Å². The molecule has 0 bridgehead atoms. The average Bonchev–Trinajstić information content (AvgIpc) is 2.56. The van der Waals surface area contributed by atoms with Crippen LogP contribution in [0.2, 0.25) is 0 Å². The molecule has 0 aliphatic rings. The summed E-state index contributed by atoms with van der Waals surface area (Å²) < 4.78 is 5.93. The van der Waals surface area contributed by atoms with E-state index in [1.165, 1.54) is 0 Å². The number of likely N-dealkylation sites (N-methyl/N-ethyl adjacent to an activating group) is 1. The van der Waals surface area contributed by atoms with Gasteiger partial charge in [0.15, 0.2) is 5.96 Å². The Morgan fingerprint density at radius 2 is 1.92 bits per heavy atom. The highest BCUT2D eigenvalue weighted by molar-refractivity contribution is 14.0. The molecule has 0 aromatic heterocycles. The summed E-state index contributed by atoms with van der Waals surface area (Å²) in [6.45, 7) is 13.7. The van der Waals surface area contributed by atoms with Crippen molar-refractivity contribution in [3.05, 3.63) is 29.8 Å². The molecule has 138 valence electrons. The van der Waals surface area contributed by atoms with Gasteiger partial charge in [0.25, 0.3) is 0 Å². The van der Waals surface area contributed by atoms with Crippen LogP contribution in [-0.4, -0.2) is 43.6 Å². The molecule has 3 N–H and O–H groups in total. The minimum absolute atomic E-state index is 0. The molecule has 1 aromatic carbocycles. The molecule has 0 heterocycles. The zero-order valence-corrected chi connectivity index (χ0v) is 17.7. The third-order valence-electron chi connectivity index (χ3n) is 3.64. The van der Waals surface area contributed by atoms with Crippen LogP contribution >= 0.6 is 24.0 Å². The molecule has 0 unspecified atom stereocenters. The van der Waals surface area contributed by atoms with Gasteiger partial charge in [-0.25, -0.2) is 4.99 Å². The molecule has 0 saturated heterocycles. The van der Waals surface area contributed by atoms with Gasteiger partial charge < -0.3 is 20.7 Å². The fraction of sp³-hybridized carbons (Fsp3) is 0.611. The van der Waals surface area contributed by atoms with Gasteiger partial charge in [0.05, 0.1) is 6.54 Å². The van der Waals surface area contributed by atoms with Crippen molar-refractivity contribution >= 4 is 29.9 Å². The lowest BCUT2D eigenvalue weighted by Crippen LogP contribution is -2.34. The summed E-state index contributed by atoms with van der Waals surface area (Å²) in [6, 6.07) is 8.01. The number of rotatable bonds is 10. The number of hydrogen-bond donors (Lipinski definition) is 2. The number of nitrogens with zero attached hydrogens (tertiary/aromatic N) is 2. The number of aliphatic imine (C=N–C) groups is 1. The van der Waals surface area contributed by atoms with Crippen molar-refractivity contribution in [3.63, 3.8) is 0 Å². The van der Waals surface area contributed by atoms with E-state index in [4.69, 9.17) is 10.5 Å². The van der Waals surface area contributed by atoms with E-state index in [1.54, 1.807) is 0 Å². The third-order valence-corrected chi connectivity index (χ3v) is 3.64. The first-order valence-electron chi connectivity index (χ1n) is 8.53. The Hall–Kier alpha value is -1.02. The van der Waals surface area contributed by atoms with E-state index in [2.05, 4.69) is 42.9 Å². The van der Waals surface area contributed by atoms with Crippen LogP contribution in [-0.2, 0) is 6.54 Å². The van der Waals surface area contributed by atoms with Crippen LogP contribution in [0, 0.1) is 5.92 Å². The van der Waals surface area contributed by atoms with Gasteiger partial charge in [-0.1, -0.05) is 45.9 Å². The minimum atomic E-state index is 0. The SMILES string of the molecule is CCN(CC)CCOc1ccccc1CN=C(N)NCC(C)C.I. The molecule has 0 aliphatic carbocycles. The quantitative estimate of drug-likeness (QED) is 0.328. The maximum absolute atomic E-state index is 5.93. The number of benzene rings is 1. The molecular formula is C18H33IN4O. The van der Waals surface area contributed by atoms with E-state index in [9.17, 15) is 0 Å². The first-order valence-corrected chi connectivity index (χ1v) is 8.53. The Bertz CT molecular complexity index is 476. The van der Waals surface area contributed by atoms with E-state index >= 15 is 0 Å². The Kier molecular flexibility index (Phi) is 12.7. The van der Waals surface area contributed by atoms with Gasteiger partial charge in [-0.15, -0.1) is 24.0 Å². The van der Waals surface area contributed by atoms with Gasteiger partial charge in [0.2, 0.25) is 0 Å². The highest BCUT2D eigenvalue weighted by Crippen LogP contribution is 2.18. The van der Waals surface area contributed by atoms with E-state index in [0.717, 1.165) is 37.5 Å². The van der Waals surface area contributed by atoms with Crippen LogP contribution in [0.5, 0.6) is 5.75 Å². The zero-order valence-electron chi connectivity index (χ0n) is 15.4. The van der Waals surface area contributed by atoms with E-state index in [1.807, 2.05) is 24.3 Å². The van der Waals surface area contributed by atoms with Gasteiger partial charge in [-0.3, -0.25) is 0 Å². The second-order valence-electron chi connectivity index (χ2n) is 5.96. The van der Waals surface area contributed by atoms with Crippen molar-refractivity contribution < 1.29 is 4.74 Å². The van der Waals surface area contributed by atoms with Crippen molar-refractivity contribution in [2.45, 2.75) is 34.2 Å². The summed E-state index contributed by atoms with van der Waals surface area (Å²) in [5.74, 6) is 1.91. The fourth-order valence-corrected chi connectivity index (χ4v) is 2.13. The van der Waals surface area contributed by atoms with Gasteiger partial charge in [0.1, 0.15) is 12.4 Å². The molecule has 0 atom stereocenters. The van der Waals surface area contributed by atoms with E-state index in [-0.39, 0.29) is 24.0 Å². The molecular weight excluding hydrogens is 415 g/mol. The summed E-state index contributed by atoms with van der Waals surface area (Å²) in [7, 11) is 0. The normalized spacial score (nSPS) is 11.5. The van der Waals surface area contributed by atoms with Crippen LogP contribution < -0.4 is 15.8 Å². The van der Waals surface area contributed by atoms with E-state index in [0.29, 0.717) is 25.0 Å². The van der Waals surface area contributed by atoms with Gasteiger partial charge >= 0.3 is 0 Å². The number of para-hydroxylation sites is 1. The maximum Gasteiger partial charge on any atom is 0.188 e. The van der Waals surface area contributed by atoms with E-state index < -0.39 is 0 Å². The topological polar surface area (TPSA) is 62.9 Å². The highest BCUT2D eigenvalue weighted by Gasteiger charge is 2.04. The molecule has 1 rings (SSSR count). The Balaban J connectivity index is 0.00000529. The lowest BCUT2D eigenvalue weighted by Gasteiger charge is -2.18. The second-order valence-corrected chi connectivity index (χ2v) is 5.96. The lowest BCUT2D eigenvalue weighted by atomic mass is 10.2.